The normalized spacial score (nSPS) is 13.0. The predicted octanol–water partition coefficient (Wildman–Crippen LogP) is 5.82. The van der Waals surface area contributed by atoms with Crippen LogP contribution in [0.5, 0.6) is 0 Å². The number of nitrogens with zero attached hydrogens (tertiary/aromatic N) is 5. The number of anilines is 3. The second-order valence-electron chi connectivity index (χ2n) is 10.6. The SMILES string of the molecule is CN(C)C(=O)c1ccc(NC(=O)Nc2ccc(-c3nc(N4CCOCC4)c4ccc(-c5cccnc5F)cc4n3)cc2F)cc1. The molecule has 0 spiro atoms. The second-order valence-corrected chi connectivity index (χ2v) is 10.6. The molecule has 1 aliphatic heterocycles. The summed E-state index contributed by atoms with van der Waals surface area (Å²) in [5.41, 5.74) is 2.76. The van der Waals surface area contributed by atoms with Gasteiger partial charge in [0.25, 0.3) is 5.91 Å². The fraction of sp³-hybridized carbons (Fsp3) is 0.182. The van der Waals surface area contributed by atoms with Crippen molar-refractivity contribution < 1.29 is 23.1 Å². The highest BCUT2D eigenvalue weighted by Gasteiger charge is 2.20. The van der Waals surface area contributed by atoms with Gasteiger partial charge in [0, 0.05) is 61.1 Å². The van der Waals surface area contributed by atoms with Crippen LogP contribution >= 0.6 is 0 Å². The third-order valence-electron chi connectivity index (χ3n) is 7.33. The number of benzene rings is 3. The molecule has 1 saturated heterocycles. The first-order valence-corrected chi connectivity index (χ1v) is 14.2. The number of pyridine rings is 1. The van der Waals surface area contributed by atoms with E-state index in [1.54, 1.807) is 68.7 Å². The average molecular weight is 610 g/mol. The Balaban J connectivity index is 1.28. The van der Waals surface area contributed by atoms with Gasteiger partial charge in [0.1, 0.15) is 11.6 Å². The first-order valence-electron chi connectivity index (χ1n) is 14.2. The number of morpholine rings is 1. The van der Waals surface area contributed by atoms with E-state index in [9.17, 15) is 14.0 Å². The molecule has 3 heterocycles. The summed E-state index contributed by atoms with van der Waals surface area (Å²) in [5.74, 6) is -0.502. The second kappa shape index (κ2) is 12.6. The molecule has 2 aromatic heterocycles. The highest BCUT2D eigenvalue weighted by Crippen LogP contribution is 2.33. The molecule has 0 unspecified atom stereocenters. The van der Waals surface area contributed by atoms with Crippen LogP contribution in [-0.4, -0.2) is 72.2 Å². The maximum absolute atomic E-state index is 15.3. The maximum atomic E-state index is 15.3. The minimum atomic E-state index is -0.683. The van der Waals surface area contributed by atoms with E-state index in [1.165, 1.54) is 23.2 Å². The van der Waals surface area contributed by atoms with Gasteiger partial charge in [-0.1, -0.05) is 6.07 Å². The largest absolute Gasteiger partial charge is 0.378 e. The van der Waals surface area contributed by atoms with Crippen LogP contribution in [0.2, 0.25) is 0 Å². The smallest absolute Gasteiger partial charge is 0.323 e. The van der Waals surface area contributed by atoms with Crippen molar-refractivity contribution in [1.29, 1.82) is 0 Å². The molecular formula is C33H29F2N7O3. The van der Waals surface area contributed by atoms with Crippen molar-refractivity contribution in [3.63, 3.8) is 0 Å². The zero-order valence-corrected chi connectivity index (χ0v) is 24.6. The molecule has 3 aromatic carbocycles. The van der Waals surface area contributed by atoms with Gasteiger partial charge in [-0.3, -0.25) is 4.79 Å². The van der Waals surface area contributed by atoms with Crippen LogP contribution < -0.4 is 15.5 Å². The molecular weight excluding hydrogens is 580 g/mol. The van der Waals surface area contributed by atoms with Crippen molar-refractivity contribution in [2.45, 2.75) is 0 Å². The molecule has 0 aliphatic carbocycles. The van der Waals surface area contributed by atoms with Crippen LogP contribution in [0.4, 0.5) is 30.8 Å². The summed E-state index contributed by atoms with van der Waals surface area (Å²) in [5, 5.41) is 5.91. The number of hydrogen-bond donors (Lipinski definition) is 2. The van der Waals surface area contributed by atoms with Crippen LogP contribution in [0.25, 0.3) is 33.4 Å². The monoisotopic (exact) mass is 609 g/mol. The lowest BCUT2D eigenvalue weighted by molar-refractivity contribution is 0.0827. The van der Waals surface area contributed by atoms with E-state index in [1.807, 2.05) is 6.07 Å². The molecule has 5 aromatic rings. The van der Waals surface area contributed by atoms with Gasteiger partial charge >= 0.3 is 6.03 Å². The summed E-state index contributed by atoms with van der Waals surface area (Å²) < 4.78 is 35.4. The third-order valence-corrected chi connectivity index (χ3v) is 7.33. The fourth-order valence-corrected chi connectivity index (χ4v) is 5.02. The molecule has 12 heteroatoms. The Kier molecular flexibility index (Phi) is 8.30. The van der Waals surface area contributed by atoms with Gasteiger partial charge in [0.15, 0.2) is 5.82 Å². The lowest BCUT2D eigenvalue weighted by Crippen LogP contribution is -2.37. The number of carbonyl (C=O) groups excluding carboxylic acids is 2. The summed E-state index contributed by atoms with van der Waals surface area (Å²) in [6.07, 6.45) is 1.39. The zero-order chi connectivity index (χ0) is 31.5. The first kappa shape index (κ1) is 29.6. The summed E-state index contributed by atoms with van der Waals surface area (Å²) in [4.78, 5) is 41.5. The van der Waals surface area contributed by atoms with E-state index in [2.05, 4.69) is 20.5 Å². The Morgan fingerprint density at radius 3 is 2.36 bits per heavy atom. The Hall–Kier alpha value is -5.49. The van der Waals surface area contributed by atoms with Gasteiger partial charge in [-0.15, -0.1) is 0 Å². The Morgan fingerprint density at radius 2 is 1.64 bits per heavy atom. The van der Waals surface area contributed by atoms with Crippen molar-refractivity contribution in [3.05, 3.63) is 96.3 Å². The quantitative estimate of drug-likeness (QED) is 0.233. The lowest BCUT2D eigenvalue weighted by atomic mass is 10.0. The van der Waals surface area contributed by atoms with Crippen LogP contribution in [0, 0.1) is 11.8 Å². The standard InChI is InChI=1S/C33H29F2N7O3/c1-41(2)32(43)20-5-9-23(10-6-20)37-33(44)39-27-12-8-22(18-26(27)34)30-38-28-19-21(24-4-3-13-36-29(24)35)7-11-25(28)31(40-30)42-14-16-45-17-15-42/h3-13,18-19H,14-17H2,1-2H3,(H2,37,39,44). The number of nitrogens with one attached hydrogen (secondary N) is 2. The Bertz CT molecular complexity index is 1890. The van der Waals surface area contributed by atoms with Crippen LogP contribution in [0.1, 0.15) is 10.4 Å². The topological polar surface area (TPSA) is 113 Å². The maximum Gasteiger partial charge on any atom is 0.323 e. The molecule has 1 aliphatic rings. The molecule has 6 rings (SSSR count). The number of carbonyl (C=O) groups is 2. The van der Waals surface area contributed by atoms with E-state index < -0.39 is 17.8 Å². The number of fused-ring (bicyclic) bond motifs is 1. The molecule has 228 valence electrons. The summed E-state index contributed by atoms with van der Waals surface area (Å²) >= 11 is 0. The number of urea groups is 1. The van der Waals surface area contributed by atoms with Crippen LogP contribution in [0.15, 0.2) is 79.0 Å². The fourth-order valence-electron chi connectivity index (χ4n) is 5.02. The van der Waals surface area contributed by atoms with E-state index >= 15 is 4.39 Å². The molecule has 0 atom stereocenters. The average Bonchev–Trinajstić information content (AvgIpc) is 3.05. The molecule has 1 fully saturated rings. The highest BCUT2D eigenvalue weighted by atomic mass is 19.1. The van der Waals surface area contributed by atoms with Gasteiger partial charge in [-0.25, -0.2) is 24.1 Å². The number of halogens is 2. The number of aromatic nitrogens is 3. The summed E-state index contributed by atoms with van der Waals surface area (Å²) in [6.45, 7) is 2.31. The number of hydrogen-bond acceptors (Lipinski definition) is 7. The number of amides is 3. The van der Waals surface area contributed by atoms with Gasteiger partial charge < -0.3 is 25.2 Å². The summed E-state index contributed by atoms with van der Waals surface area (Å²) in [7, 11) is 3.30. The van der Waals surface area contributed by atoms with E-state index in [4.69, 9.17) is 14.7 Å². The molecule has 3 amide bonds. The minimum Gasteiger partial charge on any atom is -0.378 e. The van der Waals surface area contributed by atoms with Gasteiger partial charge in [-0.05, 0) is 72.3 Å². The highest BCUT2D eigenvalue weighted by molar-refractivity contribution is 6.01. The van der Waals surface area contributed by atoms with Crippen LogP contribution in [0.3, 0.4) is 0 Å². The molecule has 0 bridgehead atoms. The van der Waals surface area contributed by atoms with Gasteiger partial charge in [0.05, 0.1) is 24.4 Å². The minimum absolute atomic E-state index is 0.0424. The van der Waals surface area contributed by atoms with Crippen molar-refractivity contribution >= 4 is 40.0 Å². The Morgan fingerprint density at radius 1 is 0.889 bits per heavy atom. The number of ether oxygens (including phenoxy) is 1. The van der Waals surface area contributed by atoms with Gasteiger partial charge in [0.2, 0.25) is 5.95 Å². The van der Waals surface area contributed by atoms with Crippen molar-refractivity contribution in [1.82, 2.24) is 19.9 Å². The van der Waals surface area contributed by atoms with E-state index in [-0.39, 0.29) is 17.4 Å². The third kappa shape index (κ3) is 6.41. The first-order chi connectivity index (χ1) is 21.8. The molecule has 10 nitrogen and oxygen atoms in total. The van der Waals surface area contributed by atoms with Gasteiger partial charge in [-0.2, -0.15) is 4.39 Å². The molecule has 0 radical (unpaired) electrons. The number of rotatable bonds is 6. The van der Waals surface area contributed by atoms with Crippen molar-refractivity contribution in [2.24, 2.45) is 0 Å². The Labute approximate surface area is 257 Å². The van der Waals surface area contributed by atoms with E-state index in [0.717, 1.165) is 5.39 Å². The lowest BCUT2D eigenvalue weighted by Gasteiger charge is -2.29. The van der Waals surface area contributed by atoms with Crippen LogP contribution in [-0.2, 0) is 4.74 Å². The zero-order valence-electron chi connectivity index (χ0n) is 24.6. The van der Waals surface area contributed by atoms with E-state index in [0.29, 0.717) is 65.6 Å². The molecule has 2 N–H and O–H groups in total. The molecule has 45 heavy (non-hydrogen) atoms. The predicted molar refractivity (Wildman–Crippen MR) is 168 cm³/mol. The summed E-state index contributed by atoms with van der Waals surface area (Å²) in [6, 6.07) is 18.8. The van der Waals surface area contributed by atoms with Crippen molar-refractivity contribution in [3.8, 4) is 22.5 Å². The molecule has 0 saturated carbocycles. The van der Waals surface area contributed by atoms with Crippen molar-refractivity contribution in [2.75, 3.05) is 55.9 Å².